The van der Waals surface area contributed by atoms with Crippen LogP contribution in [0.2, 0.25) is 0 Å². The molecule has 0 aliphatic rings. The first-order valence-corrected chi connectivity index (χ1v) is 7.89. The number of hydrogen-bond donors (Lipinski definition) is 3. The van der Waals surface area contributed by atoms with E-state index in [0.29, 0.717) is 0 Å². The van der Waals surface area contributed by atoms with Gasteiger partial charge in [0.05, 0.1) is 17.2 Å². The van der Waals surface area contributed by atoms with Crippen molar-refractivity contribution in [3.05, 3.63) is 35.4 Å². The molecule has 3 N–H and O–H groups in total. The fraction of sp³-hybridized carbons (Fsp3) is 0.286. The average molecular weight is 344 g/mol. The lowest BCUT2D eigenvalue weighted by atomic mass is 10.1. The lowest BCUT2D eigenvalue weighted by Crippen LogP contribution is -2.18. The van der Waals surface area contributed by atoms with Gasteiger partial charge in [-0.05, 0) is 32.1 Å². The first-order valence-electron chi connectivity index (χ1n) is 6.45. The van der Waals surface area contributed by atoms with Crippen LogP contribution in [0.3, 0.4) is 0 Å². The van der Waals surface area contributed by atoms with E-state index >= 15 is 0 Å². The van der Waals surface area contributed by atoms with Gasteiger partial charge in [-0.25, -0.2) is 4.79 Å². The zero-order valence-electron chi connectivity index (χ0n) is 12.4. The van der Waals surface area contributed by atoms with Gasteiger partial charge in [-0.15, -0.1) is 0 Å². The Morgan fingerprint density at radius 2 is 1.87 bits per heavy atom. The predicted molar refractivity (Wildman–Crippen MR) is 79.5 cm³/mol. The summed E-state index contributed by atoms with van der Waals surface area (Å²) in [6.07, 6.45) is 1.51. The third-order valence-electron chi connectivity index (χ3n) is 2.65. The van der Waals surface area contributed by atoms with E-state index in [1.807, 2.05) is 0 Å². The highest BCUT2D eigenvalue weighted by Crippen LogP contribution is 2.32. The van der Waals surface area contributed by atoms with Gasteiger partial charge in [0, 0.05) is 0 Å². The molecule has 0 bridgehead atoms. The second-order valence-electron chi connectivity index (χ2n) is 4.62. The molecule has 0 saturated heterocycles. The molecular formula is C14H16O8S. The minimum Gasteiger partial charge on any atom is -0.489 e. The van der Waals surface area contributed by atoms with Crippen LogP contribution in [0, 0.1) is 0 Å². The molecule has 0 radical (unpaired) electrons. The molecule has 0 spiro atoms. The summed E-state index contributed by atoms with van der Waals surface area (Å²) in [5, 5.41) is 18.4. The molecule has 1 unspecified atom stereocenters. The maximum absolute atomic E-state index is 12.0. The van der Waals surface area contributed by atoms with Gasteiger partial charge in [-0.2, -0.15) is 8.42 Å². The Morgan fingerprint density at radius 1 is 1.30 bits per heavy atom. The number of ketones is 1. The van der Waals surface area contributed by atoms with Crippen LogP contribution in [0.15, 0.2) is 29.2 Å². The van der Waals surface area contributed by atoms with Crippen molar-refractivity contribution in [2.75, 3.05) is 6.61 Å². The summed E-state index contributed by atoms with van der Waals surface area (Å²) in [6.45, 7) is 2.51. The first-order chi connectivity index (χ1) is 10.6. The van der Waals surface area contributed by atoms with Crippen LogP contribution in [-0.4, -0.2) is 47.6 Å². The van der Waals surface area contributed by atoms with Crippen molar-refractivity contribution in [1.29, 1.82) is 0 Å². The first kappa shape index (κ1) is 18.8. The van der Waals surface area contributed by atoms with Crippen molar-refractivity contribution in [2.24, 2.45) is 0 Å². The fourth-order valence-corrected chi connectivity index (χ4v) is 2.61. The lowest BCUT2D eigenvalue weighted by molar-refractivity contribution is 0.0689. The number of aliphatic hydroxyl groups is 1. The van der Waals surface area contributed by atoms with E-state index < -0.39 is 50.8 Å². The van der Waals surface area contributed by atoms with Gasteiger partial charge < -0.3 is 14.9 Å². The number of carboxylic acid groups (broad SMARTS) is 1. The van der Waals surface area contributed by atoms with Crippen molar-refractivity contribution in [3.63, 3.8) is 0 Å². The molecule has 0 saturated carbocycles. The Labute approximate surface area is 132 Å². The van der Waals surface area contributed by atoms with E-state index in [9.17, 15) is 27.7 Å². The highest BCUT2D eigenvalue weighted by Gasteiger charge is 2.29. The molecule has 23 heavy (non-hydrogen) atoms. The Balaban J connectivity index is 3.73. The van der Waals surface area contributed by atoms with E-state index in [0.717, 1.165) is 18.2 Å². The second-order valence-corrected chi connectivity index (χ2v) is 5.98. The van der Waals surface area contributed by atoms with Gasteiger partial charge in [0.25, 0.3) is 10.1 Å². The zero-order chi connectivity index (χ0) is 17.8. The molecular weight excluding hydrogens is 328 g/mol. The molecule has 8 nitrogen and oxygen atoms in total. The molecule has 0 aliphatic carbocycles. The van der Waals surface area contributed by atoms with Crippen LogP contribution in [0.1, 0.15) is 34.6 Å². The number of carbonyl (C=O) groups is 2. The van der Waals surface area contributed by atoms with Crippen molar-refractivity contribution in [1.82, 2.24) is 0 Å². The van der Waals surface area contributed by atoms with E-state index in [1.54, 1.807) is 6.92 Å². The number of rotatable bonds is 7. The summed E-state index contributed by atoms with van der Waals surface area (Å²) in [5.41, 5.74) is -0.994. The van der Waals surface area contributed by atoms with E-state index in [1.165, 1.54) is 13.0 Å². The molecule has 9 heteroatoms. The monoisotopic (exact) mass is 344 g/mol. The van der Waals surface area contributed by atoms with Crippen molar-refractivity contribution < 1.29 is 37.5 Å². The van der Waals surface area contributed by atoms with Crippen LogP contribution in [-0.2, 0) is 10.1 Å². The van der Waals surface area contributed by atoms with Crippen molar-refractivity contribution >= 4 is 21.9 Å². The van der Waals surface area contributed by atoms with Gasteiger partial charge >= 0.3 is 5.97 Å². The number of allylic oxidation sites excluding steroid dienone is 2. The predicted octanol–water partition coefficient (Wildman–Crippen LogP) is 1.15. The summed E-state index contributed by atoms with van der Waals surface area (Å²) in [5.74, 6) is -2.88. The highest BCUT2D eigenvalue weighted by molar-refractivity contribution is 7.86. The molecule has 0 fully saturated rings. The Hall–Kier alpha value is -2.23. The molecule has 126 valence electrons. The number of ether oxygens (including phenoxy) is 1. The van der Waals surface area contributed by atoms with E-state index in [2.05, 4.69) is 0 Å². The SMILES string of the molecule is CC=CC(=O)c1ccc(C(=O)O)c(S(=O)(=O)O)c1OCC(C)O. The smallest absolute Gasteiger partial charge is 0.337 e. The van der Waals surface area contributed by atoms with Crippen LogP contribution in [0.4, 0.5) is 0 Å². The van der Waals surface area contributed by atoms with Crippen LogP contribution < -0.4 is 4.74 Å². The summed E-state index contributed by atoms with van der Waals surface area (Å²) >= 11 is 0. The maximum Gasteiger partial charge on any atom is 0.337 e. The number of carbonyl (C=O) groups excluding carboxylic acids is 1. The molecule has 0 amide bonds. The Bertz CT molecular complexity index is 746. The van der Waals surface area contributed by atoms with Crippen molar-refractivity contribution in [2.45, 2.75) is 24.8 Å². The molecule has 0 aliphatic heterocycles. The number of benzene rings is 1. The molecule has 1 aromatic rings. The minimum absolute atomic E-state index is 0.249. The van der Waals surface area contributed by atoms with Gasteiger partial charge in [0.1, 0.15) is 6.61 Å². The number of hydrogen-bond acceptors (Lipinski definition) is 6. The van der Waals surface area contributed by atoms with Gasteiger partial charge in [0.15, 0.2) is 16.4 Å². The number of aromatic carboxylic acids is 1. The molecule has 1 atom stereocenters. The van der Waals surface area contributed by atoms with Gasteiger partial charge in [-0.3, -0.25) is 9.35 Å². The van der Waals surface area contributed by atoms with Crippen LogP contribution in [0.5, 0.6) is 5.75 Å². The average Bonchev–Trinajstić information content (AvgIpc) is 2.42. The Morgan fingerprint density at radius 3 is 2.30 bits per heavy atom. The normalized spacial score (nSPS) is 13.0. The third-order valence-corrected chi connectivity index (χ3v) is 3.57. The largest absolute Gasteiger partial charge is 0.489 e. The molecule has 1 rings (SSSR count). The van der Waals surface area contributed by atoms with Crippen LogP contribution in [0.25, 0.3) is 0 Å². The quantitative estimate of drug-likeness (QED) is 0.380. The molecule has 1 aromatic carbocycles. The Kier molecular flexibility index (Phi) is 6.02. The molecule has 0 aromatic heterocycles. The summed E-state index contributed by atoms with van der Waals surface area (Å²) in [4.78, 5) is 22.2. The maximum atomic E-state index is 12.0. The summed E-state index contributed by atoms with van der Waals surface area (Å²) in [7, 11) is -4.99. The van der Waals surface area contributed by atoms with Crippen molar-refractivity contribution in [3.8, 4) is 5.75 Å². The number of carboxylic acids is 1. The fourth-order valence-electron chi connectivity index (χ4n) is 1.77. The lowest BCUT2D eigenvalue weighted by Gasteiger charge is -2.16. The third kappa shape index (κ3) is 4.62. The minimum atomic E-state index is -4.99. The number of aliphatic hydroxyl groups excluding tert-OH is 1. The molecule has 0 heterocycles. The van der Waals surface area contributed by atoms with E-state index in [4.69, 9.17) is 9.84 Å². The standard InChI is InChI=1S/C14H16O8S/c1-3-4-11(16)9-5-6-10(14(17)18)13(23(19,20)21)12(9)22-7-8(2)15/h3-6,8,15H,7H2,1-2H3,(H,17,18)(H,19,20,21). The van der Waals surface area contributed by atoms with Crippen LogP contribution >= 0.6 is 0 Å². The topological polar surface area (TPSA) is 138 Å². The van der Waals surface area contributed by atoms with Gasteiger partial charge in [0.2, 0.25) is 0 Å². The highest BCUT2D eigenvalue weighted by atomic mass is 32.2. The summed E-state index contributed by atoms with van der Waals surface area (Å²) in [6, 6.07) is 1.97. The van der Waals surface area contributed by atoms with E-state index in [-0.39, 0.29) is 5.56 Å². The van der Waals surface area contributed by atoms with Gasteiger partial charge in [-0.1, -0.05) is 6.08 Å². The second kappa shape index (κ2) is 7.36. The summed E-state index contributed by atoms with van der Waals surface area (Å²) < 4.78 is 37.6. The zero-order valence-corrected chi connectivity index (χ0v) is 13.2.